The summed E-state index contributed by atoms with van der Waals surface area (Å²) in [6.07, 6.45) is 3.12. The average molecular weight is 303 g/mol. The van der Waals surface area contributed by atoms with Gasteiger partial charge in [0.05, 0.1) is 5.02 Å². The lowest BCUT2D eigenvalue weighted by atomic mass is 9.88. The van der Waals surface area contributed by atoms with Gasteiger partial charge < -0.3 is 10.1 Å². The highest BCUT2D eigenvalue weighted by molar-refractivity contribution is 9.10. The Balaban J connectivity index is 1.96. The fraction of sp³-hybridized carbons (Fsp3) is 0.500. The zero-order valence-corrected chi connectivity index (χ0v) is 11.2. The molecule has 1 N–H and O–H groups in total. The highest BCUT2D eigenvalue weighted by Gasteiger charge is 2.41. The topological polar surface area (TPSA) is 21.3 Å². The summed E-state index contributed by atoms with van der Waals surface area (Å²) in [5.41, 5.74) is 1.24. The number of piperidine rings is 1. The molecular weight excluding hydrogens is 289 g/mol. The van der Waals surface area contributed by atoms with Crippen LogP contribution in [0, 0.1) is 0 Å². The predicted octanol–water partition coefficient (Wildman–Crippen LogP) is 3.16. The van der Waals surface area contributed by atoms with Crippen LogP contribution in [0.15, 0.2) is 16.6 Å². The summed E-state index contributed by atoms with van der Waals surface area (Å²) in [7, 11) is 0. The molecule has 2 heterocycles. The first-order valence-electron chi connectivity index (χ1n) is 5.56. The first-order chi connectivity index (χ1) is 7.69. The lowest BCUT2D eigenvalue weighted by Crippen LogP contribution is -2.45. The minimum Gasteiger partial charge on any atom is -0.485 e. The van der Waals surface area contributed by atoms with Crippen LogP contribution >= 0.6 is 27.5 Å². The first kappa shape index (κ1) is 10.9. The largest absolute Gasteiger partial charge is 0.485 e. The molecule has 2 aliphatic heterocycles. The molecule has 1 fully saturated rings. The molecule has 0 saturated carbocycles. The van der Waals surface area contributed by atoms with Gasteiger partial charge in [0, 0.05) is 16.5 Å². The van der Waals surface area contributed by atoms with E-state index in [1.54, 1.807) is 0 Å². The molecule has 16 heavy (non-hydrogen) atoms. The third kappa shape index (κ3) is 1.75. The maximum Gasteiger partial charge on any atom is 0.142 e. The third-order valence-corrected chi connectivity index (χ3v) is 4.17. The molecule has 0 atom stereocenters. The number of halogens is 2. The van der Waals surface area contributed by atoms with Crippen LogP contribution in [0.2, 0.25) is 5.02 Å². The zero-order valence-electron chi connectivity index (χ0n) is 8.85. The van der Waals surface area contributed by atoms with Gasteiger partial charge in [-0.2, -0.15) is 0 Å². The van der Waals surface area contributed by atoms with Gasteiger partial charge in [0.15, 0.2) is 0 Å². The lowest BCUT2D eigenvalue weighted by molar-refractivity contribution is 0.0600. The van der Waals surface area contributed by atoms with Crippen LogP contribution in [0.4, 0.5) is 0 Å². The summed E-state index contributed by atoms with van der Waals surface area (Å²) in [5, 5.41) is 4.09. The van der Waals surface area contributed by atoms with Crippen molar-refractivity contribution in [2.45, 2.75) is 24.9 Å². The average Bonchev–Trinajstić information content (AvgIpc) is 2.57. The van der Waals surface area contributed by atoms with Crippen molar-refractivity contribution < 1.29 is 4.74 Å². The van der Waals surface area contributed by atoms with E-state index in [0.29, 0.717) is 0 Å². The maximum atomic E-state index is 6.21. The van der Waals surface area contributed by atoms with E-state index < -0.39 is 0 Å². The number of nitrogens with one attached hydrogen (secondary N) is 1. The molecule has 1 aromatic rings. The van der Waals surface area contributed by atoms with E-state index in [1.165, 1.54) is 5.56 Å². The highest BCUT2D eigenvalue weighted by Crippen LogP contribution is 2.45. The number of hydrogen-bond acceptors (Lipinski definition) is 2. The van der Waals surface area contributed by atoms with Gasteiger partial charge in [0.25, 0.3) is 0 Å². The van der Waals surface area contributed by atoms with Gasteiger partial charge in [0.1, 0.15) is 11.4 Å². The normalized spacial score (nSPS) is 21.9. The van der Waals surface area contributed by atoms with E-state index in [1.807, 2.05) is 6.07 Å². The molecule has 0 radical (unpaired) electrons. The molecule has 1 spiro atoms. The molecule has 0 aliphatic carbocycles. The number of ether oxygens (including phenoxy) is 1. The van der Waals surface area contributed by atoms with E-state index in [0.717, 1.165) is 47.6 Å². The molecule has 1 aromatic carbocycles. The SMILES string of the molecule is Clc1cc(Br)cc2c1OC1(CCNCC1)C2. The molecule has 4 heteroatoms. The van der Waals surface area contributed by atoms with Crippen LogP contribution in [0.5, 0.6) is 5.75 Å². The monoisotopic (exact) mass is 301 g/mol. The number of rotatable bonds is 0. The smallest absolute Gasteiger partial charge is 0.142 e. The molecule has 0 aromatic heterocycles. The van der Waals surface area contributed by atoms with Gasteiger partial charge in [-0.15, -0.1) is 0 Å². The molecule has 0 bridgehead atoms. The van der Waals surface area contributed by atoms with Crippen LogP contribution in [0.3, 0.4) is 0 Å². The number of hydrogen-bond donors (Lipinski definition) is 1. The molecule has 86 valence electrons. The fourth-order valence-electron chi connectivity index (χ4n) is 2.62. The van der Waals surface area contributed by atoms with Gasteiger partial charge in [0.2, 0.25) is 0 Å². The van der Waals surface area contributed by atoms with Crippen molar-refractivity contribution in [1.82, 2.24) is 5.32 Å². The quantitative estimate of drug-likeness (QED) is 0.795. The Bertz CT molecular complexity index is 429. The number of benzene rings is 1. The summed E-state index contributed by atoms with van der Waals surface area (Å²) in [6.45, 7) is 2.07. The van der Waals surface area contributed by atoms with Gasteiger partial charge >= 0.3 is 0 Å². The van der Waals surface area contributed by atoms with Crippen molar-refractivity contribution in [3.05, 3.63) is 27.2 Å². The standard InChI is InChI=1S/C12H13BrClNO/c13-9-5-8-7-12(1-3-15-4-2-12)16-11(8)10(14)6-9/h5-6,15H,1-4,7H2. The highest BCUT2D eigenvalue weighted by atomic mass is 79.9. The second-order valence-corrected chi connectivity index (χ2v) is 5.91. The van der Waals surface area contributed by atoms with Crippen molar-refractivity contribution in [2.24, 2.45) is 0 Å². The lowest BCUT2D eigenvalue weighted by Gasteiger charge is -2.33. The van der Waals surface area contributed by atoms with E-state index in [-0.39, 0.29) is 5.60 Å². The van der Waals surface area contributed by atoms with Crippen LogP contribution in [0.1, 0.15) is 18.4 Å². The van der Waals surface area contributed by atoms with Crippen LogP contribution in [-0.4, -0.2) is 18.7 Å². The molecule has 0 amide bonds. The first-order valence-corrected chi connectivity index (χ1v) is 6.73. The molecule has 2 aliphatic rings. The van der Waals surface area contributed by atoms with Gasteiger partial charge in [-0.05, 0) is 38.1 Å². The van der Waals surface area contributed by atoms with Gasteiger partial charge in [-0.1, -0.05) is 27.5 Å². The Hall–Kier alpha value is -0.250. The zero-order chi connectivity index (χ0) is 11.2. The summed E-state index contributed by atoms with van der Waals surface area (Å²) < 4.78 is 7.16. The minimum absolute atomic E-state index is 0.00197. The van der Waals surface area contributed by atoms with Crippen molar-refractivity contribution >= 4 is 27.5 Å². The van der Waals surface area contributed by atoms with Gasteiger partial charge in [-0.25, -0.2) is 0 Å². The summed E-state index contributed by atoms with van der Waals surface area (Å²) in [6, 6.07) is 4.03. The number of fused-ring (bicyclic) bond motifs is 1. The Morgan fingerprint density at radius 3 is 2.81 bits per heavy atom. The predicted molar refractivity (Wildman–Crippen MR) is 68.3 cm³/mol. The molecule has 0 unspecified atom stereocenters. The molecule has 1 saturated heterocycles. The minimum atomic E-state index is -0.00197. The third-order valence-electron chi connectivity index (χ3n) is 3.43. The van der Waals surface area contributed by atoms with E-state index in [4.69, 9.17) is 16.3 Å². The van der Waals surface area contributed by atoms with Crippen molar-refractivity contribution in [2.75, 3.05) is 13.1 Å². The summed E-state index contributed by atoms with van der Waals surface area (Å²) >= 11 is 9.68. The van der Waals surface area contributed by atoms with E-state index >= 15 is 0 Å². The summed E-state index contributed by atoms with van der Waals surface area (Å²) in [4.78, 5) is 0. The Morgan fingerprint density at radius 1 is 1.31 bits per heavy atom. The van der Waals surface area contributed by atoms with Crippen molar-refractivity contribution in [1.29, 1.82) is 0 Å². The van der Waals surface area contributed by atoms with Crippen LogP contribution in [-0.2, 0) is 6.42 Å². The summed E-state index contributed by atoms with van der Waals surface area (Å²) in [5.74, 6) is 0.895. The fourth-order valence-corrected chi connectivity index (χ4v) is 3.53. The van der Waals surface area contributed by atoms with Gasteiger partial charge in [-0.3, -0.25) is 0 Å². The van der Waals surface area contributed by atoms with E-state index in [9.17, 15) is 0 Å². The Kier molecular flexibility index (Phi) is 2.65. The van der Waals surface area contributed by atoms with Crippen LogP contribution < -0.4 is 10.1 Å². The Morgan fingerprint density at radius 2 is 2.06 bits per heavy atom. The molecular formula is C12H13BrClNO. The van der Waals surface area contributed by atoms with Crippen molar-refractivity contribution in [3.8, 4) is 5.75 Å². The second kappa shape index (κ2) is 3.90. The second-order valence-electron chi connectivity index (χ2n) is 4.59. The maximum absolute atomic E-state index is 6.21. The Labute approximate surface area is 108 Å². The molecule has 2 nitrogen and oxygen atoms in total. The van der Waals surface area contributed by atoms with E-state index in [2.05, 4.69) is 27.3 Å². The molecule has 3 rings (SSSR count). The van der Waals surface area contributed by atoms with Crippen molar-refractivity contribution in [3.63, 3.8) is 0 Å². The van der Waals surface area contributed by atoms with Crippen LogP contribution in [0.25, 0.3) is 0 Å².